The molecule has 0 bridgehead atoms. The molecule has 0 unspecified atom stereocenters. The molecule has 0 atom stereocenters. The van der Waals surface area contributed by atoms with Crippen LogP contribution < -0.4 is 12.0 Å². The van der Waals surface area contributed by atoms with Crippen molar-refractivity contribution >= 4 is 11.5 Å². The molecule has 2 aromatic carbocycles. The van der Waals surface area contributed by atoms with Crippen molar-refractivity contribution in [2.24, 2.45) is 5.90 Å². The van der Waals surface area contributed by atoms with Gasteiger partial charge in [-0.3, -0.25) is 14.9 Å². The molecule has 6 N–H and O–H groups in total. The number of nitro benzene ring substituents is 1. The van der Waals surface area contributed by atoms with Crippen molar-refractivity contribution in [1.82, 2.24) is 6.15 Å². The van der Waals surface area contributed by atoms with Crippen LogP contribution in [0.5, 0.6) is 0 Å². The first kappa shape index (κ1) is 17.4. The van der Waals surface area contributed by atoms with E-state index in [-0.39, 0.29) is 23.2 Å². The molecule has 7 heteroatoms. The van der Waals surface area contributed by atoms with Crippen LogP contribution in [-0.2, 0) is 0 Å². The Kier molecular flexibility index (Phi) is 7.38. The number of carbonyl (C=O) groups is 1. The van der Waals surface area contributed by atoms with E-state index in [4.69, 9.17) is 5.21 Å². The third-order valence-electron chi connectivity index (χ3n) is 2.38. The van der Waals surface area contributed by atoms with Crippen molar-refractivity contribution < 1.29 is 14.9 Å². The second kappa shape index (κ2) is 8.48. The number of nitrogens with two attached hydrogens (primary N) is 1. The highest BCUT2D eigenvalue weighted by molar-refractivity contribution is 6.11. The molecule has 7 nitrogen and oxygen atoms in total. The Morgan fingerprint density at radius 2 is 1.50 bits per heavy atom. The summed E-state index contributed by atoms with van der Waals surface area (Å²) in [4.78, 5) is 22.3. The highest BCUT2D eigenvalue weighted by Gasteiger charge is 2.19. The summed E-state index contributed by atoms with van der Waals surface area (Å²) in [7, 11) is 0. The van der Waals surface area contributed by atoms with Gasteiger partial charge in [0.25, 0.3) is 5.69 Å². The average molecular weight is 277 g/mol. The van der Waals surface area contributed by atoms with E-state index in [1.165, 1.54) is 12.1 Å². The lowest BCUT2D eigenvalue weighted by Crippen LogP contribution is -2.04. The number of nitrogens with zero attached hydrogens (tertiary/aromatic N) is 1. The Labute approximate surface area is 115 Å². The maximum absolute atomic E-state index is 12.1. The van der Waals surface area contributed by atoms with Crippen LogP contribution in [0.1, 0.15) is 15.9 Å². The van der Waals surface area contributed by atoms with Crippen LogP contribution >= 0.6 is 0 Å². The molecule has 0 aliphatic carbocycles. The maximum atomic E-state index is 12.1. The monoisotopic (exact) mass is 277 g/mol. The van der Waals surface area contributed by atoms with E-state index in [9.17, 15) is 14.9 Å². The van der Waals surface area contributed by atoms with Gasteiger partial charge >= 0.3 is 0 Å². The van der Waals surface area contributed by atoms with Gasteiger partial charge in [-0.15, -0.1) is 0 Å². The van der Waals surface area contributed by atoms with Crippen LogP contribution in [0.3, 0.4) is 0 Å². The van der Waals surface area contributed by atoms with Gasteiger partial charge in [-0.25, -0.2) is 5.90 Å². The standard InChI is InChI=1S/C13H9NO3.H3NO.H3N/c15-13(10-6-2-1-3-7-10)11-8-4-5-9-12(11)14(16)17;1-2;/h1-9H;2H,1H2;1H3. The van der Waals surface area contributed by atoms with Crippen LogP contribution in [0.25, 0.3) is 0 Å². The topological polar surface area (TPSA) is 141 Å². The van der Waals surface area contributed by atoms with E-state index in [2.05, 4.69) is 5.90 Å². The quantitative estimate of drug-likeness (QED) is 0.446. The van der Waals surface area contributed by atoms with E-state index in [0.717, 1.165) is 0 Å². The predicted octanol–water partition coefficient (Wildman–Crippen LogP) is 2.32. The van der Waals surface area contributed by atoms with Gasteiger partial charge in [0.15, 0.2) is 5.78 Å². The van der Waals surface area contributed by atoms with E-state index in [1.807, 2.05) is 0 Å². The SMILES string of the molecule is N.NO.O=C(c1ccccc1)c1ccccc1[N+](=O)[O-]. The van der Waals surface area contributed by atoms with Gasteiger partial charge in [0.2, 0.25) is 0 Å². The Hall–Kier alpha value is -2.61. The number of benzene rings is 2. The molecule has 2 aromatic rings. The second-order valence-electron chi connectivity index (χ2n) is 3.47. The molecule has 20 heavy (non-hydrogen) atoms. The molecular weight excluding hydrogens is 262 g/mol. The molecule has 0 saturated heterocycles. The van der Waals surface area contributed by atoms with Crippen LogP contribution in [0.4, 0.5) is 5.69 Å². The Bertz CT molecular complexity index is 573. The second-order valence-corrected chi connectivity index (χ2v) is 3.47. The third kappa shape index (κ3) is 3.95. The fourth-order valence-electron chi connectivity index (χ4n) is 1.57. The number of para-hydroxylation sites is 1. The Morgan fingerprint density at radius 1 is 1.00 bits per heavy atom. The summed E-state index contributed by atoms with van der Waals surface area (Å²) >= 11 is 0. The summed E-state index contributed by atoms with van der Waals surface area (Å²) in [5.41, 5.74) is 0.395. The third-order valence-corrected chi connectivity index (χ3v) is 2.38. The van der Waals surface area contributed by atoms with Crippen LogP contribution in [0, 0.1) is 10.1 Å². The fourth-order valence-corrected chi connectivity index (χ4v) is 1.57. The lowest BCUT2D eigenvalue weighted by Gasteiger charge is -2.01. The zero-order valence-corrected chi connectivity index (χ0v) is 10.6. The van der Waals surface area contributed by atoms with Gasteiger partial charge < -0.3 is 11.4 Å². The first-order valence-electron chi connectivity index (χ1n) is 5.29. The highest BCUT2D eigenvalue weighted by Crippen LogP contribution is 2.20. The molecule has 2 rings (SSSR count). The van der Waals surface area contributed by atoms with E-state index >= 15 is 0 Å². The zero-order valence-electron chi connectivity index (χ0n) is 10.6. The minimum atomic E-state index is -0.545. The lowest BCUT2D eigenvalue weighted by molar-refractivity contribution is -0.385. The summed E-state index contributed by atoms with van der Waals surface area (Å²) in [6.07, 6.45) is 0. The van der Waals surface area contributed by atoms with Gasteiger partial charge in [0.05, 0.1) is 4.92 Å². The highest BCUT2D eigenvalue weighted by atomic mass is 16.6. The zero-order chi connectivity index (χ0) is 14.3. The predicted molar refractivity (Wildman–Crippen MR) is 74.0 cm³/mol. The van der Waals surface area contributed by atoms with Crippen molar-refractivity contribution in [3.63, 3.8) is 0 Å². The van der Waals surface area contributed by atoms with Crippen molar-refractivity contribution in [3.8, 4) is 0 Å². The molecule has 0 heterocycles. The molecule has 0 amide bonds. The number of hydrogen-bond donors (Lipinski definition) is 3. The molecule has 0 aliphatic rings. The average Bonchev–Trinajstić information content (AvgIpc) is 2.49. The molecule has 0 saturated carbocycles. The van der Waals surface area contributed by atoms with Crippen molar-refractivity contribution in [3.05, 3.63) is 75.8 Å². The number of nitro groups is 1. The van der Waals surface area contributed by atoms with Crippen molar-refractivity contribution in [1.29, 1.82) is 0 Å². The minimum absolute atomic E-state index is 0. The molecule has 0 aliphatic heterocycles. The van der Waals surface area contributed by atoms with Gasteiger partial charge in [-0.1, -0.05) is 42.5 Å². The summed E-state index contributed by atoms with van der Waals surface area (Å²) < 4.78 is 0. The Balaban J connectivity index is 0.00000115. The number of rotatable bonds is 3. The molecule has 106 valence electrons. The fraction of sp³-hybridized carbons (Fsp3) is 0. The van der Waals surface area contributed by atoms with Crippen molar-refractivity contribution in [2.75, 3.05) is 0 Å². The summed E-state index contributed by atoms with van der Waals surface area (Å²) in [6.45, 7) is 0. The smallest absolute Gasteiger partial charge is 0.280 e. The minimum Gasteiger partial charge on any atom is -0.344 e. The van der Waals surface area contributed by atoms with Gasteiger partial charge in [0, 0.05) is 11.6 Å². The van der Waals surface area contributed by atoms with Crippen LogP contribution in [0.15, 0.2) is 54.6 Å². The summed E-state index contributed by atoms with van der Waals surface area (Å²) in [5, 5.41) is 17.3. The number of carbonyl (C=O) groups excluding carboxylic acids is 1. The van der Waals surface area contributed by atoms with Gasteiger partial charge in [0.1, 0.15) is 5.56 Å². The number of hydrogen-bond acceptors (Lipinski definition) is 6. The van der Waals surface area contributed by atoms with Gasteiger partial charge in [-0.05, 0) is 6.07 Å². The largest absolute Gasteiger partial charge is 0.344 e. The number of ketones is 1. The first-order valence-corrected chi connectivity index (χ1v) is 5.29. The lowest BCUT2D eigenvalue weighted by atomic mass is 10.0. The van der Waals surface area contributed by atoms with E-state index < -0.39 is 4.92 Å². The summed E-state index contributed by atoms with van der Waals surface area (Å²) in [5.74, 6) is 3.16. The molecule has 0 aromatic heterocycles. The van der Waals surface area contributed by atoms with Crippen molar-refractivity contribution in [2.45, 2.75) is 0 Å². The van der Waals surface area contributed by atoms with Gasteiger partial charge in [-0.2, -0.15) is 0 Å². The van der Waals surface area contributed by atoms with Crippen LogP contribution in [0.2, 0.25) is 0 Å². The molecular formula is C13H15N3O4. The normalized spacial score (nSPS) is 8.70. The maximum Gasteiger partial charge on any atom is 0.280 e. The molecule has 0 radical (unpaired) electrons. The Morgan fingerprint density at radius 3 is 2.05 bits per heavy atom. The summed E-state index contributed by atoms with van der Waals surface area (Å²) in [6, 6.07) is 14.5. The molecule has 0 fully saturated rings. The molecule has 0 spiro atoms. The van der Waals surface area contributed by atoms with Crippen LogP contribution in [-0.4, -0.2) is 15.9 Å². The van der Waals surface area contributed by atoms with E-state index in [1.54, 1.807) is 42.5 Å². The van der Waals surface area contributed by atoms with E-state index in [0.29, 0.717) is 5.56 Å². The first-order chi connectivity index (χ1) is 9.20.